The van der Waals surface area contributed by atoms with Gasteiger partial charge in [-0.3, -0.25) is 0 Å². The number of carbonyl (C=O) groups is 1. The molecule has 33 heavy (non-hydrogen) atoms. The number of piperazine rings is 1. The van der Waals surface area contributed by atoms with Crippen molar-refractivity contribution in [2.45, 2.75) is 20.0 Å². The molecule has 0 saturated carbocycles. The third-order valence-corrected chi connectivity index (χ3v) is 5.75. The number of rotatable bonds is 6. The predicted molar refractivity (Wildman–Crippen MR) is 125 cm³/mol. The molecule has 0 bridgehead atoms. The summed E-state index contributed by atoms with van der Waals surface area (Å²) in [5.41, 5.74) is 3.24. The number of urea groups is 1. The predicted octanol–water partition coefficient (Wildman–Crippen LogP) is 3.99. The van der Waals surface area contributed by atoms with Crippen molar-refractivity contribution in [3.05, 3.63) is 89.1 Å². The molecule has 0 spiro atoms. The molecule has 1 aromatic heterocycles. The van der Waals surface area contributed by atoms with Crippen LogP contribution in [0.2, 0.25) is 0 Å². The number of nitrogens with one attached hydrogen (secondary N) is 2. The summed E-state index contributed by atoms with van der Waals surface area (Å²) in [6.07, 6.45) is 1.74. The minimum atomic E-state index is -0.317. The summed E-state index contributed by atoms with van der Waals surface area (Å²) in [5.74, 6) is 0.353. The second-order valence-corrected chi connectivity index (χ2v) is 8.09. The molecule has 2 amide bonds. The first kappa shape index (κ1) is 22.5. The molecule has 8 heteroatoms. The lowest BCUT2D eigenvalue weighted by atomic mass is 10.1. The lowest BCUT2D eigenvalue weighted by molar-refractivity contribution is 0.240. The van der Waals surface area contributed by atoms with E-state index in [-0.39, 0.29) is 24.2 Å². The van der Waals surface area contributed by atoms with Crippen molar-refractivity contribution in [2.75, 3.05) is 36.0 Å². The molecule has 6 nitrogen and oxygen atoms in total. The minimum absolute atomic E-state index is 0.232. The Balaban J connectivity index is 1.26. The SMILES string of the molecule is Cc1ccc(CNC(=O)NCc2ccnc(N3CCN(c4ccc(F)cc4)CC3)c2)cc1F. The molecule has 0 atom stereocenters. The highest BCUT2D eigenvalue weighted by molar-refractivity contribution is 5.73. The monoisotopic (exact) mass is 451 g/mol. The van der Waals surface area contributed by atoms with Crippen LogP contribution >= 0.6 is 0 Å². The number of aromatic nitrogens is 1. The number of amides is 2. The van der Waals surface area contributed by atoms with Gasteiger partial charge < -0.3 is 20.4 Å². The fourth-order valence-corrected chi connectivity index (χ4v) is 3.76. The van der Waals surface area contributed by atoms with E-state index >= 15 is 0 Å². The number of carbonyl (C=O) groups excluding carboxylic acids is 1. The Morgan fingerprint density at radius 2 is 1.52 bits per heavy atom. The number of aryl methyl sites for hydroxylation is 1. The maximum Gasteiger partial charge on any atom is 0.315 e. The summed E-state index contributed by atoms with van der Waals surface area (Å²) < 4.78 is 26.8. The van der Waals surface area contributed by atoms with E-state index in [9.17, 15) is 13.6 Å². The van der Waals surface area contributed by atoms with Crippen LogP contribution in [0.4, 0.5) is 25.1 Å². The molecule has 1 saturated heterocycles. The van der Waals surface area contributed by atoms with Crippen LogP contribution in [-0.4, -0.2) is 37.2 Å². The summed E-state index contributed by atoms with van der Waals surface area (Å²) >= 11 is 0. The van der Waals surface area contributed by atoms with Crippen molar-refractivity contribution in [1.29, 1.82) is 0 Å². The lowest BCUT2D eigenvalue weighted by Crippen LogP contribution is -2.46. The Labute approximate surface area is 192 Å². The van der Waals surface area contributed by atoms with Crippen molar-refractivity contribution in [2.24, 2.45) is 0 Å². The van der Waals surface area contributed by atoms with E-state index in [0.717, 1.165) is 43.2 Å². The van der Waals surface area contributed by atoms with Crippen LogP contribution in [0, 0.1) is 18.6 Å². The van der Waals surface area contributed by atoms with Crippen LogP contribution in [0.25, 0.3) is 0 Å². The number of benzene rings is 2. The van der Waals surface area contributed by atoms with Gasteiger partial charge in [0.2, 0.25) is 0 Å². The van der Waals surface area contributed by atoms with E-state index in [0.29, 0.717) is 17.7 Å². The van der Waals surface area contributed by atoms with Gasteiger partial charge in [-0.1, -0.05) is 12.1 Å². The highest BCUT2D eigenvalue weighted by Gasteiger charge is 2.18. The van der Waals surface area contributed by atoms with Gasteiger partial charge in [0.15, 0.2) is 0 Å². The Hall–Kier alpha value is -3.68. The molecule has 2 aromatic carbocycles. The molecule has 1 fully saturated rings. The molecule has 2 heterocycles. The summed E-state index contributed by atoms with van der Waals surface area (Å²) in [6.45, 7) is 5.55. The Morgan fingerprint density at radius 1 is 0.879 bits per heavy atom. The lowest BCUT2D eigenvalue weighted by Gasteiger charge is -2.36. The molecule has 0 unspecified atom stereocenters. The number of halogens is 2. The van der Waals surface area contributed by atoms with Crippen LogP contribution in [0.5, 0.6) is 0 Å². The second-order valence-electron chi connectivity index (χ2n) is 8.09. The second kappa shape index (κ2) is 10.3. The Bertz CT molecular complexity index is 1100. The number of hydrogen-bond donors (Lipinski definition) is 2. The van der Waals surface area contributed by atoms with Crippen molar-refractivity contribution in [3.8, 4) is 0 Å². The summed E-state index contributed by atoms with van der Waals surface area (Å²) in [7, 11) is 0. The molecule has 0 radical (unpaired) electrons. The van der Waals surface area contributed by atoms with Crippen LogP contribution in [0.1, 0.15) is 16.7 Å². The number of nitrogens with zero attached hydrogens (tertiary/aromatic N) is 3. The van der Waals surface area contributed by atoms with Crippen molar-refractivity contribution in [1.82, 2.24) is 15.6 Å². The van der Waals surface area contributed by atoms with Crippen molar-refractivity contribution in [3.63, 3.8) is 0 Å². The summed E-state index contributed by atoms with van der Waals surface area (Å²) in [4.78, 5) is 21.1. The Kier molecular flexibility index (Phi) is 7.02. The van der Waals surface area contributed by atoms with Crippen LogP contribution in [0.15, 0.2) is 60.8 Å². The number of hydrogen-bond acceptors (Lipinski definition) is 4. The van der Waals surface area contributed by atoms with Gasteiger partial charge in [-0.15, -0.1) is 0 Å². The van der Waals surface area contributed by atoms with Crippen LogP contribution in [-0.2, 0) is 13.1 Å². The first-order valence-electron chi connectivity index (χ1n) is 10.9. The molecular formula is C25H27F2N5O. The quantitative estimate of drug-likeness (QED) is 0.595. The Morgan fingerprint density at radius 3 is 2.18 bits per heavy atom. The zero-order chi connectivity index (χ0) is 23.2. The molecule has 4 rings (SSSR count). The topological polar surface area (TPSA) is 60.5 Å². The maximum atomic E-state index is 13.6. The molecule has 1 aliphatic rings. The first-order valence-corrected chi connectivity index (χ1v) is 10.9. The minimum Gasteiger partial charge on any atom is -0.368 e. The zero-order valence-corrected chi connectivity index (χ0v) is 18.5. The van der Waals surface area contributed by atoms with E-state index in [4.69, 9.17) is 0 Å². The molecule has 3 aromatic rings. The molecular weight excluding hydrogens is 424 g/mol. The highest BCUT2D eigenvalue weighted by atomic mass is 19.1. The third-order valence-electron chi connectivity index (χ3n) is 5.75. The van der Waals surface area contributed by atoms with Crippen molar-refractivity contribution < 1.29 is 13.6 Å². The van der Waals surface area contributed by atoms with Gasteiger partial charge in [0.1, 0.15) is 17.5 Å². The van der Waals surface area contributed by atoms with Gasteiger partial charge in [0.05, 0.1) is 0 Å². The van der Waals surface area contributed by atoms with Gasteiger partial charge in [0, 0.05) is 51.2 Å². The summed E-state index contributed by atoms with van der Waals surface area (Å²) in [6, 6.07) is 15.0. The first-order chi connectivity index (χ1) is 16.0. The largest absolute Gasteiger partial charge is 0.368 e. The van der Waals surface area contributed by atoms with E-state index in [1.54, 1.807) is 37.4 Å². The standard InChI is InChI=1S/C25H27F2N5O/c1-18-2-3-19(14-23(18)27)16-29-25(33)30-17-20-8-9-28-24(15-20)32-12-10-31(11-13-32)22-6-4-21(26)5-7-22/h2-9,14-15H,10-13,16-17H2,1H3,(H2,29,30,33). The van der Waals surface area contributed by atoms with Gasteiger partial charge >= 0.3 is 6.03 Å². The maximum absolute atomic E-state index is 13.6. The van der Waals surface area contributed by atoms with E-state index in [1.165, 1.54) is 18.2 Å². The highest BCUT2D eigenvalue weighted by Crippen LogP contribution is 2.20. The fourth-order valence-electron chi connectivity index (χ4n) is 3.76. The van der Waals surface area contributed by atoms with Crippen LogP contribution < -0.4 is 20.4 Å². The number of pyridine rings is 1. The van der Waals surface area contributed by atoms with Gasteiger partial charge in [-0.25, -0.2) is 18.6 Å². The molecule has 1 aliphatic heterocycles. The third kappa shape index (κ3) is 5.97. The smallest absolute Gasteiger partial charge is 0.315 e. The zero-order valence-electron chi connectivity index (χ0n) is 18.5. The number of anilines is 2. The van der Waals surface area contributed by atoms with E-state index in [1.807, 2.05) is 12.1 Å². The molecule has 0 aliphatic carbocycles. The van der Waals surface area contributed by atoms with E-state index in [2.05, 4.69) is 25.4 Å². The van der Waals surface area contributed by atoms with Gasteiger partial charge in [-0.2, -0.15) is 0 Å². The normalized spacial score (nSPS) is 13.7. The molecule has 2 N–H and O–H groups in total. The van der Waals surface area contributed by atoms with Crippen LogP contribution in [0.3, 0.4) is 0 Å². The summed E-state index contributed by atoms with van der Waals surface area (Å²) in [5, 5.41) is 5.58. The van der Waals surface area contributed by atoms with Gasteiger partial charge in [-0.05, 0) is 66.1 Å². The molecule has 172 valence electrons. The average molecular weight is 452 g/mol. The average Bonchev–Trinajstić information content (AvgIpc) is 2.84. The van der Waals surface area contributed by atoms with Gasteiger partial charge in [0.25, 0.3) is 0 Å². The fraction of sp³-hybridized carbons (Fsp3) is 0.280. The van der Waals surface area contributed by atoms with Crippen molar-refractivity contribution >= 4 is 17.5 Å². The van der Waals surface area contributed by atoms with E-state index < -0.39 is 0 Å².